The van der Waals surface area contributed by atoms with Crippen molar-refractivity contribution < 1.29 is 14.8 Å². The van der Waals surface area contributed by atoms with Crippen LogP contribution in [0.3, 0.4) is 0 Å². The molecule has 0 unspecified atom stereocenters. The van der Waals surface area contributed by atoms with Crippen LogP contribution in [0.4, 0.5) is 16.2 Å². The van der Waals surface area contributed by atoms with Crippen LogP contribution < -0.4 is 10.2 Å². The molecule has 20 heavy (non-hydrogen) atoms. The first-order chi connectivity index (χ1) is 9.47. The SMILES string of the molecule is Cc1ccc([N+](=O)[O-])c(N2CCC(NC(=O)O)CC2)c1. The summed E-state index contributed by atoms with van der Waals surface area (Å²) in [6, 6.07) is 4.98. The maximum absolute atomic E-state index is 11.1. The molecule has 1 aliphatic heterocycles. The highest BCUT2D eigenvalue weighted by atomic mass is 16.6. The summed E-state index contributed by atoms with van der Waals surface area (Å²) in [7, 11) is 0. The number of hydrogen-bond donors (Lipinski definition) is 2. The van der Waals surface area contributed by atoms with Gasteiger partial charge >= 0.3 is 6.09 Å². The maximum atomic E-state index is 11.1. The summed E-state index contributed by atoms with van der Waals surface area (Å²) in [4.78, 5) is 23.2. The van der Waals surface area contributed by atoms with E-state index >= 15 is 0 Å². The Morgan fingerprint density at radius 2 is 2.10 bits per heavy atom. The summed E-state index contributed by atoms with van der Waals surface area (Å²) in [6.45, 7) is 3.11. The van der Waals surface area contributed by atoms with E-state index in [4.69, 9.17) is 5.11 Å². The second-order valence-corrected chi connectivity index (χ2v) is 4.96. The summed E-state index contributed by atoms with van der Waals surface area (Å²) in [5, 5.41) is 22.2. The summed E-state index contributed by atoms with van der Waals surface area (Å²) < 4.78 is 0. The molecule has 1 aliphatic rings. The number of nitro benzene ring substituents is 1. The quantitative estimate of drug-likeness (QED) is 0.652. The van der Waals surface area contributed by atoms with Crippen LogP contribution in [0, 0.1) is 17.0 Å². The molecule has 1 heterocycles. The number of amides is 1. The summed E-state index contributed by atoms with van der Waals surface area (Å²) >= 11 is 0. The van der Waals surface area contributed by atoms with Gasteiger partial charge < -0.3 is 15.3 Å². The van der Waals surface area contributed by atoms with E-state index in [9.17, 15) is 14.9 Å². The lowest BCUT2D eigenvalue weighted by Gasteiger charge is -2.33. The Kier molecular flexibility index (Phi) is 4.07. The normalized spacial score (nSPS) is 15.9. The molecule has 0 atom stereocenters. The van der Waals surface area contributed by atoms with Gasteiger partial charge in [0, 0.05) is 25.2 Å². The van der Waals surface area contributed by atoms with Crippen LogP contribution in [0.1, 0.15) is 18.4 Å². The molecule has 2 rings (SSSR count). The fourth-order valence-corrected chi connectivity index (χ4v) is 2.48. The zero-order chi connectivity index (χ0) is 14.7. The van der Waals surface area contributed by atoms with Crippen molar-refractivity contribution in [3.05, 3.63) is 33.9 Å². The second-order valence-electron chi connectivity index (χ2n) is 4.96. The van der Waals surface area contributed by atoms with Crippen LogP contribution in [0.25, 0.3) is 0 Å². The van der Waals surface area contributed by atoms with Gasteiger partial charge in [0.25, 0.3) is 5.69 Å². The summed E-state index contributed by atoms with van der Waals surface area (Å²) in [5.74, 6) is 0. The van der Waals surface area contributed by atoms with Crippen LogP contribution in [0.15, 0.2) is 18.2 Å². The van der Waals surface area contributed by atoms with Gasteiger partial charge in [0.05, 0.1) is 4.92 Å². The number of aryl methyl sites for hydroxylation is 1. The summed E-state index contributed by atoms with van der Waals surface area (Å²) in [5.41, 5.74) is 1.68. The van der Waals surface area contributed by atoms with Gasteiger partial charge in [0.15, 0.2) is 0 Å². The molecule has 0 saturated carbocycles. The van der Waals surface area contributed by atoms with Crippen LogP contribution in [0.5, 0.6) is 0 Å². The van der Waals surface area contributed by atoms with Crippen molar-refractivity contribution in [2.45, 2.75) is 25.8 Å². The van der Waals surface area contributed by atoms with Crippen molar-refractivity contribution in [1.29, 1.82) is 0 Å². The number of rotatable bonds is 3. The minimum Gasteiger partial charge on any atom is -0.465 e. The van der Waals surface area contributed by atoms with Crippen molar-refractivity contribution in [2.24, 2.45) is 0 Å². The lowest BCUT2D eigenvalue weighted by Crippen LogP contribution is -2.44. The number of hydrogen-bond acceptors (Lipinski definition) is 4. The largest absolute Gasteiger partial charge is 0.465 e. The van der Waals surface area contributed by atoms with Crippen molar-refractivity contribution in [1.82, 2.24) is 5.32 Å². The molecule has 0 radical (unpaired) electrons. The predicted octanol–water partition coefficient (Wildman–Crippen LogP) is 2.14. The zero-order valence-electron chi connectivity index (χ0n) is 11.2. The molecule has 7 heteroatoms. The van der Waals surface area contributed by atoms with Gasteiger partial charge in [-0.25, -0.2) is 4.79 Å². The van der Waals surface area contributed by atoms with Crippen molar-refractivity contribution in [3.63, 3.8) is 0 Å². The molecule has 1 aromatic rings. The predicted molar refractivity (Wildman–Crippen MR) is 74.2 cm³/mol. The number of piperidine rings is 1. The first-order valence-corrected chi connectivity index (χ1v) is 6.47. The number of anilines is 1. The lowest BCUT2D eigenvalue weighted by molar-refractivity contribution is -0.384. The molecule has 0 spiro atoms. The highest BCUT2D eigenvalue weighted by molar-refractivity contribution is 5.66. The first kappa shape index (κ1) is 14.1. The van der Waals surface area contributed by atoms with E-state index < -0.39 is 6.09 Å². The van der Waals surface area contributed by atoms with Gasteiger partial charge in [-0.15, -0.1) is 0 Å². The average Bonchev–Trinajstić information content (AvgIpc) is 2.38. The number of benzene rings is 1. The van der Waals surface area contributed by atoms with Gasteiger partial charge in [0.1, 0.15) is 5.69 Å². The Balaban J connectivity index is 2.12. The van der Waals surface area contributed by atoms with Gasteiger partial charge in [0.2, 0.25) is 0 Å². The standard InChI is InChI=1S/C13H17N3O4/c1-9-2-3-11(16(19)20)12(8-9)15-6-4-10(5-7-15)14-13(17)18/h2-3,8,10,14H,4-7H2,1H3,(H,17,18). The molecular weight excluding hydrogens is 262 g/mol. The van der Waals surface area contributed by atoms with Crippen LogP contribution in [-0.4, -0.2) is 35.3 Å². The molecule has 1 amide bonds. The smallest absolute Gasteiger partial charge is 0.404 e. The van der Waals surface area contributed by atoms with Crippen LogP contribution in [-0.2, 0) is 0 Å². The lowest BCUT2D eigenvalue weighted by atomic mass is 10.0. The molecule has 0 aromatic heterocycles. The number of nitro groups is 1. The number of carboxylic acid groups (broad SMARTS) is 1. The Hall–Kier alpha value is -2.31. The van der Waals surface area contributed by atoms with Gasteiger partial charge in [-0.2, -0.15) is 0 Å². The van der Waals surface area contributed by atoms with Gasteiger partial charge in [-0.3, -0.25) is 10.1 Å². The molecular formula is C13H17N3O4. The van der Waals surface area contributed by atoms with Crippen molar-refractivity contribution >= 4 is 17.5 Å². The zero-order valence-corrected chi connectivity index (χ0v) is 11.2. The molecule has 0 aliphatic carbocycles. The molecule has 1 saturated heterocycles. The number of nitrogens with zero attached hydrogens (tertiary/aromatic N) is 2. The monoisotopic (exact) mass is 279 g/mol. The third-order valence-corrected chi connectivity index (χ3v) is 3.49. The third kappa shape index (κ3) is 3.17. The number of nitrogens with one attached hydrogen (secondary N) is 1. The fourth-order valence-electron chi connectivity index (χ4n) is 2.48. The van der Waals surface area contributed by atoms with Crippen LogP contribution >= 0.6 is 0 Å². The molecule has 7 nitrogen and oxygen atoms in total. The van der Waals surface area contributed by atoms with E-state index in [1.54, 1.807) is 6.07 Å². The van der Waals surface area contributed by atoms with Crippen molar-refractivity contribution in [3.8, 4) is 0 Å². The number of carbonyl (C=O) groups is 1. The molecule has 2 N–H and O–H groups in total. The first-order valence-electron chi connectivity index (χ1n) is 6.47. The van der Waals surface area contributed by atoms with E-state index in [0.29, 0.717) is 31.6 Å². The third-order valence-electron chi connectivity index (χ3n) is 3.49. The highest BCUT2D eigenvalue weighted by Crippen LogP contribution is 2.31. The fraction of sp³-hybridized carbons (Fsp3) is 0.462. The highest BCUT2D eigenvalue weighted by Gasteiger charge is 2.25. The maximum Gasteiger partial charge on any atom is 0.404 e. The average molecular weight is 279 g/mol. The minimum absolute atomic E-state index is 0.0763. The Morgan fingerprint density at radius 1 is 1.45 bits per heavy atom. The molecule has 108 valence electrons. The van der Waals surface area contributed by atoms with E-state index in [1.807, 2.05) is 17.9 Å². The molecule has 0 bridgehead atoms. The topological polar surface area (TPSA) is 95.7 Å². The second kappa shape index (κ2) is 5.77. The van der Waals surface area contributed by atoms with E-state index in [1.165, 1.54) is 6.07 Å². The molecule has 1 fully saturated rings. The minimum atomic E-state index is -1.02. The summed E-state index contributed by atoms with van der Waals surface area (Å²) in [6.07, 6.45) is 0.277. The Morgan fingerprint density at radius 3 is 2.65 bits per heavy atom. The molecule has 1 aromatic carbocycles. The van der Waals surface area contributed by atoms with Crippen molar-refractivity contribution in [2.75, 3.05) is 18.0 Å². The van der Waals surface area contributed by atoms with Gasteiger partial charge in [-0.1, -0.05) is 6.07 Å². The van der Waals surface area contributed by atoms with E-state index in [-0.39, 0.29) is 16.7 Å². The van der Waals surface area contributed by atoms with E-state index in [2.05, 4.69) is 5.32 Å². The Labute approximate surface area is 116 Å². The van der Waals surface area contributed by atoms with E-state index in [0.717, 1.165) is 5.56 Å². The van der Waals surface area contributed by atoms with Crippen LogP contribution in [0.2, 0.25) is 0 Å². The Bertz CT molecular complexity index is 524. The van der Waals surface area contributed by atoms with Gasteiger partial charge in [-0.05, 0) is 31.4 Å².